The number of rotatable bonds is 4. The molecule has 148 valence electrons. The van der Waals surface area contributed by atoms with Gasteiger partial charge in [0.2, 0.25) is 5.91 Å². The van der Waals surface area contributed by atoms with Crippen molar-refractivity contribution in [3.8, 4) is 0 Å². The van der Waals surface area contributed by atoms with Crippen LogP contribution in [0.5, 0.6) is 0 Å². The molecule has 0 saturated carbocycles. The fraction of sp³-hybridized carbons (Fsp3) is 0.500. The van der Waals surface area contributed by atoms with Crippen molar-refractivity contribution in [2.24, 2.45) is 5.41 Å². The average molecular weight is 382 g/mol. The van der Waals surface area contributed by atoms with Crippen LogP contribution >= 0.6 is 0 Å². The fourth-order valence-corrected chi connectivity index (χ4v) is 4.41. The second-order valence-corrected chi connectivity index (χ2v) is 7.94. The lowest BCUT2D eigenvalue weighted by Gasteiger charge is -2.48. The Balaban J connectivity index is 1.43. The number of carbonyl (C=O) groups is 2. The maximum Gasteiger partial charge on any atom is 0.255 e. The number of piperidine rings is 2. The zero-order chi connectivity index (χ0) is 19.6. The van der Waals surface area contributed by atoms with Crippen molar-refractivity contribution >= 4 is 17.6 Å². The van der Waals surface area contributed by atoms with Crippen LogP contribution in [0.2, 0.25) is 0 Å². The minimum atomic E-state index is -0.0168. The van der Waals surface area contributed by atoms with E-state index in [0.29, 0.717) is 37.4 Å². The van der Waals surface area contributed by atoms with Gasteiger partial charge in [0, 0.05) is 62.5 Å². The Morgan fingerprint density at radius 1 is 1.25 bits per heavy atom. The number of H-pyrrole nitrogens is 1. The van der Waals surface area contributed by atoms with Gasteiger partial charge in [0.15, 0.2) is 0 Å². The van der Waals surface area contributed by atoms with Gasteiger partial charge in [0.1, 0.15) is 5.82 Å². The Morgan fingerprint density at radius 3 is 2.89 bits per heavy atom. The summed E-state index contributed by atoms with van der Waals surface area (Å²) < 4.78 is 0. The predicted molar refractivity (Wildman–Crippen MR) is 104 cm³/mol. The Morgan fingerprint density at radius 2 is 2.14 bits per heavy atom. The van der Waals surface area contributed by atoms with Gasteiger partial charge in [-0.25, -0.2) is 9.97 Å². The molecule has 0 aliphatic carbocycles. The minimum absolute atomic E-state index is 0.00696. The van der Waals surface area contributed by atoms with E-state index in [2.05, 4.69) is 15.0 Å². The molecule has 2 aromatic rings. The van der Waals surface area contributed by atoms with E-state index in [0.717, 1.165) is 37.9 Å². The van der Waals surface area contributed by atoms with Crippen LogP contribution in [0.3, 0.4) is 0 Å². The van der Waals surface area contributed by atoms with Crippen LogP contribution in [0.1, 0.15) is 41.7 Å². The first-order valence-electron chi connectivity index (χ1n) is 9.81. The largest absolute Gasteiger partial charge is 0.384 e. The van der Waals surface area contributed by atoms with Gasteiger partial charge >= 0.3 is 0 Å². The minimum Gasteiger partial charge on any atom is -0.384 e. The smallest absolute Gasteiger partial charge is 0.255 e. The zero-order valence-electron chi connectivity index (χ0n) is 15.9. The number of carbonyl (C=O) groups excluding carboxylic acids is 2. The molecule has 0 bridgehead atoms. The molecule has 0 aromatic carbocycles. The molecule has 28 heavy (non-hydrogen) atoms. The number of nitrogen functional groups attached to an aromatic ring is 1. The van der Waals surface area contributed by atoms with E-state index in [-0.39, 0.29) is 17.2 Å². The lowest BCUT2D eigenvalue weighted by Crippen LogP contribution is -2.55. The number of imidazole rings is 1. The average Bonchev–Trinajstić information content (AvgIpc) is 3.23. The molecular formula is C20H26N6O2. The van der Waals surface area contributed by atoms with E-state index in [4.69, 9.17) is 5.73 Å². The summed E-state index contributed by atoms with van der Waals surface area (Å²) in [6.07, 6.45) is 9.16. The van der Waals surface area contributed by atoms with Crippen LogP contribution in [0.25, 0.3) is 0 Å². The van der Waals surface area contributed by atoms with E-state index in [1.54, 1.807) is 30.9 Å². The molecule has 8 heteroatoms. The summed E-state index contributed by atoms with van der Waals surface area (Å²) in [5, 5.41) is 0. The molecule has 0 radical (unpaired) electrons. The van der Waals surface area contributed by atoms with E-state index >= 15 is 0 Å². The van der Waals surface area contributed by atoms with Crippen molar-refractivity contribution in [2.45, 2.75) is 32.1 Å². The number of anilines is 1. The summed E-state index contributed by atoms with van der Waals surface area (Å²) in [5.41, 5.74) is 7.21. The topological polar surface area (TPSA) is 108 Å². The molecule has 1 spiro atoms. The van der Waals surface area contributed by atoms with Crippen LogP contribution in [-0.2, 0) is 11.2 Å². The first-order chi connectivity index (χ1) is 13.5. The molecule has 2 fully saturated rings. The van der Waals surface area contributed by atoms with Crippen LogP contribution in [-0.4, -0.2) is 62.7 Å². The van der Waals surface area contributed by atoms with Crippen LogP contribution in [0, 0.1) is 5.41 Å². The quantitative estimate of drug-likeness (QED) is 0.832. The first kappa shape index (κ1) is 18.5. The van der Waals surface area contributed by atoms with Gasteiger partial charge in [-0.2, -0.15) is 0 Å². The third kappa shape index (κ3) is 3.85. The second kappa shape index (κ2) is 7.61. The molecule has 2 amide bonds. The summed E-state index contributed by atoms with van der Waals surface area (Å²) in [7, 11) is 0. The van der Waals surface area contributed by atoms with Crippen molar-refractivity contribution in [3.63, 3.8) is 0 Å². The highest BCUT2D eigenvalue weighted by molar-refractivity contribution is 5.94. The van der Waals surface area contributed by atoms with Gasteiger partial charge in [-0.15, -0.1) is 0 Å². The summed E-state index contributed by atoms with van der Waals surface area (Å²) in [6, 6.07) is 3.39. The molecule has 4 heterocycles. The Labute approximate surface area is 164 Å². The summed E-state index contributed by atoms with van der Waals surface area (Å²) in [6.45, 7) is 2.82. The first-order valence-corrected chi connectivity index (χ1v) is 9.81. The number of hydrogen-bond acceptors (Lipinski definition) is 5. The molecule has 1 atom stereocenters. The molecule has 3 N–H and O–H groups in total. The Kier molecular flexibility index (Phi) is 5.02. The number of nitrogens with two attached hydrogens (primary N) is 1. The zero-order valence-corrected chi connectivity index (χ0v) is 15.9. The third-order valence-electron chi connectivity index (χ3n) is 5.94. The van der Waals surface area contributed by atoms with Crippen molar-refractivity contribution in [2.75, 3.05) is 31.9 Å². The third-order valence-corrected chi connectivity index (χ3v) is 5.94. The lowest BCUT2D eigenvalue weighted by molar-refractivity contribution is -0.138. The molecule has 2 aromatic heterocycles. The number of nitrogens with one attached hydrogen (secondary N) is 1. The van der Waals surface area contributed by atoms with Crippen LogP contribution in [0.4, 0.5) is 5.82 Å². The van der Waals surface area contributed by atoms with Crippen LogP contribution < -0.4 is 5.73 Å². The monoisotopic (exact) mass is 382 g/mol. The summed E-state index contributed by atoms with van der Waals surface area (Å²) >= 11 is 0. The number of amides is 2. The van der Waals surface area contributed by atoms with Crippen molar-refractivity contribution in [1.29, 1.82) is 0 Å². The van der Waals surface area contributed by atoms with Crippen molar-refractivity contribution in [3.05, 3.63) is 42.1 Å². The van der Waals surface area contributed by atoms with E-state index in [1.807, 2.05) is 9.80 Å². The van der Waals surface area contributed by atoms with Gasteiger partial charge in [0.25, 0.3) is 5.91 Å². The molecule has 2 saturated heterocycles. The highest BCUT2D eigenvalue weighted by Crippen LogP contribution is 2.39. The molecule has 1 unspecified atom stereocenters. The predicted octanol–water partition coefficient (Wildman–Crippen LogP) is 1.47. The SMILES string of the molecule is Nc1ccc(C(=O)N2CCCC3(CCC(=O)N(CCc4cnc[nH]4)C3)C2)cn1. The van der Waals surface area contributed by atoms with Crippen LogP contribution in [0.15, 0.2) is 30.9 Å². The maximum atomic E-state index is 12.9. The number of likely N-dealkylation sites (tertiary alicyclic amines) is 2. The summed E-state index contributed by atoms with van der Waals surface area (Å²) in [4.78, 5) is 40.4. The molecule has 4 rings (SSSR count). The lowest BCUT2D eigenvalue weighted by atomic mass is 9.73. The van der Waals surface area contributed by atoms with Gasteiger partial charge in [-0.3, -0.25) is 9.59 Å². The Hall–Kier alpha value is -2.90. The van der Waals surface area contributed by atoms with Gasteiger partial charge in [0.05, 0.1) is 11.9 Å². The van der Waals surface area contributed by atoms with Gasteiger partial charge in [-0.1, -0.05) is 0 Å². The second-order valence-electron chi connectivity index (χ2n) is 7.94. The molecular weight excluding hydrogens is 356 g/mol. The highest BCUT2D eigenvalue weighted by atomic mass is 16.2. The molecule has 2 aliphatic rings. The highest BCUT2D eigenvalue weighted by Gasteiger charge is 2.42. The molecule has 8 nitrogen and oxygen atoms in total. The number of hydrogen-bond donors (Lipinski definition) is 2. The number of pyridine rings is 1. The van der Waals surface area contributed by atoms with E-state index in [9.17, 15) is 9.59 Å². The van der Waals surface area contributed by atoms with Crippen molar-refractivity contribution in [1.82, 2.24) is 24.8 Å². The normalized spacial score (nSPS) is 22.6. The van der Waals surface area contributed by atoms with E-state index in [1.165, 1.54) is 0 Å². The maximum absolute atomic E-state index is 12.9. The fourth-order valence-electron chi connectivity index (χ4n) is 4.41. The van der Waals surface area contributed by atoms with Gasteiger partial charge in [-0.05, 0) is 31.4 Å². The molecule has 2 aliphatic heterocycles. The standard InChI is InChI=1S/C20H26N6O2/c21-17-3-2-15(10-23-17)19(28)26-8-1-6-20(13-26)7-4-18(27)25(12-20)9-5-16-11-22-14-24-16/h2-3,10-11,14H,1,4-9,12-13H2,(H2,21,23)(H,22,24). The van der Waals surface area contributed by atoms with Crippen molar-refractivity contribution < 1.29 is 9.59 Å². The number of aromatic amines is 1. The number of aromatic nitrogens is 3. The summed E-state index contributed by atoms with van der Waals surface area (Å²) in [5.74, 6) is 0.606. The Bertz CT molecular complexity index is 835. The van der Waals surface area contributed by atoms with Gasteiger partial charge < -0.3 is 20.5 Å². The number of nitrogens with zero attached hydrogens (tertiary/aromatic N) is 4. The van der Waals surface area contributed by atoms with E-state index < -0.39 is 0 Å².